The molecule has 0 aliphatic heterocycles. The average molecular weight is 340 g/mol. The van der Waals surface area contributed by atoms with Gasteiger partial charge in [0.25, 0.3) is 0 Å². The molecule has 2 aliphatic rings. The Morgan fingerprint density at radius 3 is 2.80 bits per heavy atom. The molecule has 0 radical (unpaired) electrons. The number of nitrogens with zero attached hydrogens (tertiary/aromatic N) is 2. The highest BCUT2D eigenvalue weighted by Gasteiger charge is 2.49. The summed E-state index contributed by atoms with van der Waals surface area (Å²) in [5, 5.41) is 7.04. The number of fused-ring (bicyclic) bond motifs is 2. The van der Waals surface area contributed by atoms with Crippen LogP contribution in [0.25, 0.3) is 0 Å². The molecule has 0 saturated heterocycles. The van der Waals surface area contributed by atoms with Crippen LogP contribution in [0.5, 0.6) is 0 Å². The van der Waals surface area contributed by atoms with E-state index in [-0.39, 0.29) is 23.9 Å². The number of aromatic nitrogens is 2. The van der Waals surface area contributed by atoms with Gasteiger partial charge in [0, 0.05) is 12.5 Å². The van der Waals surface area contributed by atoms with Gasteiger partial charge in [0.1, 0.15) is 6.04 Å². The minimum atomic E-state index is -0.309. The van der Waals surface area contributed by atoms with Crippen LogP contribution >= 0.6 is 0 Å². The maximum absolute atomic E-state index is 12.6. The maximum atomic E-state index is 12.6. The van der Waals surface area contributed by atoms with Gasteiger partial charge < -0.3 is 15.6 Å². The van der Waals surface area contributed by atoms with E-state index in [1.807, 2.05) is 37.3 Å². The zero-order chi connectivity index (χ0) is 17.4. The number of hydrogen-bond donors (Lipinski definition) is 2. The lowest BCUT2D eigenvalue weighted by molar-refractivity contribution is -0.127. The third-order valence-corrected chi connectivity index (χ3v) is 5.70. The van der Waals surface area contributed by atoms with Gasteiger partial charge in [-0.25, -0.2) is 0 Å². The molecule has 1 amide bonds. The van der Waals surface area contributed by atoms with Gasteiger partial charge in [0.2, 0.25) is 11.8 Å². The molecular formula is C19H24N4O2. The largest absolute Gasteiger partial charge is 0.344 e. The molecule has 6 heteroatoms. The number of hydrogen-bond acceptors (Lipinski definition) is 5. The van der Waals surface area contributed by atoms with E-state index in [2.05, 4.69) is 15.5 Å². The van der Waals surface area contributed by atoms with Crippen molar-refractivity contribution < 1.29 is 9.32 Å². The van der Waals surface area contributed by atoms with Crippen molar-refractivity contribution in [3.8, 4) is 0 Å². The topological polar surface area (TPSA) is 94.0 Å². The number of carbonyl (C=O) groups excluding carboxylic acids is 1. The predicted octanol–water partition coefficient (Wildman–Crippen LogP) is 2.21. The Kier molecular flexibility index (Phi) is 4.29. The van der Waals surface area contributed by atoms with Gasteiger partial charge in [-0.05, 0) is 43.6 Å². The van der Waals surface area contributed by atoms with E-state index in [1.165, 1.54) is 0 Å². The number of amides is 1. The lowest BCUT2D eigenvalue weighted by Gasteiger charge is -2.27. The standard InChI is InChI=1S/C19H24N4O2/c1-11(21-18(24)16-13-7-8-14(10-13)17(16)20)19-22-15(23-25-19)9-12-5-3-2-4-6-12/h2-6,11,13-14,16-17H,7-10,20H2,1H3,(H,21,24). The number of carbonyl (C=O) groups is 1. The first-order chi connectivity index (χ1) is 12.1. The Labute approximate surface area is 147 Å². The second-order valence-electron chi connectivity index (χ2n) is 7.38. The van der Waals surface area contributed by atoms with Crippen LogP contribution in [-0.2, 0) is 11.2 Å². The van der Waals surface area contributed by atoms with Crippen molar-refractivity contribution in [2.45, 2.75) is 44.7 Å². The highest BCUT2D eigenvalue weighted by atomic mass is 16.5. The molecule has 1 aromatic carbocycles. The lowest BCUT2D eigenvalue weighted by Crippen LogP contribution is -2.45. The summed E-state index contributed by atoms with van der Waals surface area (Å²) in [5.74, 6) is 1.96. The smallest absolute Gasteiger partial charge is 0.248 e. The van der Waals surface area contributed by atoms with Crippen LogP contribution in [0.15, 0.2) is 34.9 Å². The van der Waals surface area contributed by atoms with Gasteiger partial charge >= 0.3 is 0 Å². The predicted molar refractivity (Wildman–Crippen MR) is 92.4 cm³/mol. The second-order valence-corrected chi connectivity index (χ2v) is 7.38. The summed E-state index contributed by atoms with van der Waals surface area (Å²) >= 11 is 0. The zero-order valence-electron chi connectivity index (χ0n) is 14.4. The van der Waals surface area contributed by atoms with Gasteiger partial charge in [-0.1, -0.05) is 35.5 Å². The number of rotatable bonds is 5. The fourth-order valence-electron chi connectivity index (χ4n) is 4.39. The Morgan fingerprint density at radius 1 is 1.32 bits per heavy atom. The molecule has 2 fully saturated rings. The molecule has 1 heterocycles. The zero-order valence-corrected chi connectivity index (χ0v) is 14.4. The minimum absolute atomic E-state index is 0.0118. The molecule has 0 spiro atoms. The van der Waals surface area contributed by atoms with Crippen LogP contribution in [0, 0.1) is 17.8 Å². The summed E-state index contributed by atoms with van der Waals surface area (Å²) in [6, 6.07) is 9.67. The van der Waals surface area contributed by atoms with Gasteiger partial charge in [0.05, 0.1) is 5.92 Å². The molecule has 5 unspecified atom stereocenters. The van der Waals surface area contributed by atoms with Gasteiger partial charge in [-0.15, -0.1) is 0 Å². The van der Waals surface area contributed by atoms with Crippen LogP contribution in [0.3, 0.4) is 0 Å². The van der Waals surface area contributed by atoms with Crippen molar-refractivity contribution in [2.75, 3.05) is 0 Å². The minimum Gasteiger partial charge on any atom is -0.344 e. The number of nitrogens with two attached hydrogens (primary N) is 1. The van der Waals surface area contributed by atoms with E-state index < -0.39 is 0 Å². The first kappa shape index (κ1) is 16.3. The fourth-order valence-corrected chi connectivity index (χ4v) is 4.39. The van der Waals surface area contributed by atoms with Gasteiger partial charge in [0.15, 0.2) is 5.82 Å². The van der Waals surface area contributed by atoms with Crippen molar-refractivity contribution in [1.82, 2.24) is 15.5 Å². The summed E-state index contributed by atoms with van der Waals surface area (Å²) in [5.41, 5.74) is 7.38. The van der Waals surface area contributed by atoms with Crippen molar-refractivity contribution in [1.29, 1.82) is 0 Å². The van der Waals surface area contributed by atoms with Crippen molar-refractivity contribution >= 4 is 5.91 Å². The molecule has 2 saturated carbocycles. The van der Waals surface area contributed by atoms with Gasteiger partial charge in [-0.3, -0.25) is 4.79 Å². The summed E-state index contributed by atoms with van der Waals surface area (Å²) in [6.45, 7) is 1.87. The third-order valence-electron chi connectivity index (χ3n) is 5.70. The summed E-state index contributed by atoms with van der Waals surface area (Å²) in [7, 11) is 0. The van der Waals surface area contributed by atoms with Crippen LogP contribution in [0.4, 0.5) is 0 Å². The summed E-state index contributed by atoms with van der Waals surface area (Å²) in [6.07, 6.45) is 3.99. The fraction of sp³-hybridized carbons (Fsp3) is 0.526. The molecule has 4 rings (SSSR count). The SMILES string of the molecule is CC(NC(=O)C1C2CCC(C2)C1N)c1nc(Cc2ccccc2)no1. The molecule has 132 valence electrons. The Hall–Kier alpha value is -2.21. The quantitative estimate of drug-likeness (QED) is 0.870. The van der Waals surface area contributed by atoms with Crippen molar-refractivity contribution in [3.63, 3.8) is 0 Å². The van der Waals surface area contributed by atoms with Crippen LogP contribution in [-0.4, -0.2) is 22.1 Å². The Morgan fingerprint density at radius 2 is 2.08 bits per heavy atom. The van der Waals surface area contributed by atoms with Crippen LogP contribution < -0.4 is 11.1 Å². The molecule has 1 aromatic heterocycles. The first-order valence-corrected chi connectivity index (χ1v) is 9.04. The average Bonchev–Trinajstić information content (AvgIpc) is 3.31. The molecular weight excluding hydrogens is 316 g/mol. The molecule has 2 aromatic rings. The maximum Gasteiger partial charge on any atom is 0.248 e. The molecule has 2 aliphatic carbocycles. The molecule has 2 bridgehead atoms. The van der Waals surface area contributed by atoms with Crippen molar-refractivity contribution in [2.24, 2.45) is 23.5 Å². The number of benzene rings is 1. The normalized spacial score (nSPS) is 28.9. The third kappa shape index (κ3) is 3.18. The number of nitrogens with one attached hydrogen (secondary N) is 1. The van der Waals surface area contributed by atoms with Crippen LogP contribution in [0.1, 0.15) is 49.5 Å². The highest BCUT2D eigenvalue weighted by Crippen LogP contribution is 2.47. The van der Waals surface area contributed by atoms with E-state index in [1.54, 1.807) is 0 Å². The Balaban J connectivity index is 1.38. The summed E-state index contributed by atoms with van der Waals surface area (Å²) in [4.78, 5) is 17.1. The first-order valence-electron chi connectivity index (χ1n) is 9.04. The molecule has 6 nitrogen and oxygen atoms in total. The van der Waals surface area contributed by atoms with E-state index in [4.69, 9.17) is 10.3 Å². The van der Waals surface area contributed by atoms with Crippen LogP contribution in [0.2, 0.25) is 0 Å². The second kappa shape index (κ2) is 6.59. The van der Waals surface area contributed by atoms with E-state index in [0.717, 1.165) is 24.8 Å². The molecule has 3 N–H and O–H groups in total. The van der Waals surface area contributed by atoms with E-state index >= 15 is 0 Å². The highest BCUT2D eigenvalue weighted by molar-refractivity contribution is 5.80. The lowest BCUT2D eigenvalue weighted by atomic mass is 9.84. The Bertz CT molecular complexity index is 743. The summed E-state index contributed by atoms with van der Waals surface area (Å²) < 4.78 is 5.34. The van der Waals surface area contributed by atoms with Gasteiger partial charge in [-0.2, -0.15) is 4.98 Å². The van der Waals surface area contributed by atoms with E-state index in [9.17, 15) is 4.79 Å². The van der Waals surface area contributed by atoms with E-state index in [0.29, 0.717) is 30.0 Å². The molecule has 5 atom stereocenters. The van der Waals surface area contributed by atoms with Crippen molar-refractivity contribution in [3.05, 3.63) is 47.6 Å². The monoisotopic (exact) mass is 340 g/mol. The molecule has 25 heavy (non-hydrogen) atoms.